The molecule has 65 heavy (non-hydrogen) atoms. The van der Waals surface area contributed by atoms with E-state index in [1.54, 1.807) is 26.0 Å². The molecule has 8 rings (SSSR count). The number of benzene rings is 2. The topological polar surface area (TPSA) is 204 Å². The lowest BCUT2D eigenvalue weighted by Gasteiger charge is -2.17. The third-order valence-corrected chi connectivity index (χ3v) is 13.9. The van der Waals surface area contributed by atoms with E-state index in [0.717, 1.165) is 85.7 Å². The van der Waals surface area contributed by atoms with Crippen molar-refractivity contribution >= 4 is 35.1 Å². The Balaban J connectivity index is 0.000000179. The zero-order valence-electron chi connectivity index (χ0n) is 39.1. The molecule has 0 aliphatic heterocycles. The van der Waals surface area contributed by atoms with Gasteiger partial charge in [-0.05, 0) is 187 Å². The first-order valence-electron chi connectivity index (χ1n) is 24.1. The average Bonchev–Trinajstić information content (AvgIpc) is 4.21. The highest BCUT2D eigenvalue weighted by molar-refractivity contribution is 5.89. The number of pyridine rings is 2. The molecular weight excluding hydrogens is 813 g/mol. The van der Waals surface area contributed by atoms with Crippen LogP contribution in [0.5, 0.6) is 0 Å². The lowest BCUT2D eigenvalue weighted by Crippen LogP contribution is -2.41. The van der Waals surface area contributed by atoms with Crippen molar-refractivity contribution in [1.82, 2.24) is 15.3 Å². The fourth-order valence-corrected chi connectivity index (χ4v) is 9.55. The molecule has 0 spiro atoms. The van der Waals surface area contributed by atoms with Crippen LogP contribution in [0.25, 0.3) is 0 Å². The Kier molecular flexibility index (Phi) is 17.5. The summed E-state index contributed by atoms with van der Waals surface area (Å²) in [6, 6.07) is 24.4. The molecule has 11 nitrogen and oxygen atoms in total. The van der Waals surface area contributed by atoms with E-state index >= 15 is 0 Å². The molecule has 0 saturated heterocycles. The Labute approximate surface area is 386 Å². The van der Waals surface area contributed by atoms with E-state index in [-0.39, 0.29) is 35.4 Å². The molecule has 8 N–H and O–H groups in total. The maximum absolute atomic E-state index is 12.8. The monoisotopic (exact) mass is 885 g/mol. The number of ketones is 2. The van der Waals surface area contributed by atoms with Gasteiger partial charge in [0.15, 0.2) is 5.78 Å². The van der Waals surface area contributed by atoms with Gasteiger partial charge in [0.25, 0.3) is 0 Å². The summed E-state index contributed by atoms with van der Waals surface area (Å²) < 4.78 is 0. The third-order valence-electron chi connectivity index (χ3n) is 13.9. The fourth-order valence-electron chi connectivity index (χ4n) is 9.55. The number of carbonyl (C=O) groups is 4. The molecule has 2 heterocycles. The van der Waals surface area contributed by atoms with E-state index in [0.29, 0.717) is 49.2 Å². The SMILES string of the molecule is Cc1nc(N)ccc1CCC(=O)[C@H](C)N.Cc1nc(N)ccc1CCC(=O)[C@H](C)NC(=O)[C@@H]1CC[C@@H](Cc2cccc(C3CC3)c2)C1.O=C(O)[C@@H]1CC[C@@H](Cc2cccc(C3CC3)c2)C1. The maximum atomic E-state index is 12.8. The van der Waals surface area contributed by atoms with Gasteiger partial charge in [-0.15, -0.1) is 0 Å². The van der Waals surface area contributed by atoms with Crippen molar-refractivity contribution in [1.29, 1.82) is 0 Å². The van der Waals surface area contributed by atoms with Crippen LogP contribution in [0.2, 0.25) is 0 Å². The predicted octanol–water partition coefficient (Wildman–Crippen LogP) is 8.94. The minimum Gasteiger partial charge on any atom is -0.481 e. The Hall–Kier alpha value is -5.42. The number of carboxylic acids is 1. The molecular formula is C54H72N6O5. The van der Waals surface area contributed by atoms with Crippen molar-refractivity contribution in [3.05, 3.63) is 118 Å². The number of aromatic nitrogens is 2. The molecule has 2 aromatic heterocycles. The number of Topliss-reactive ketones (excluding diaryl/α,β-unsaturated/α-hetero) is 2. The first-order chi connectivity index (χ1) is 31.1. The van der Waals surface area contributed by atoms with Gasteiger partial charge < -0.3 is 27.6 Å². The van der Waals surface area contributed by atoms with Gasteiger partial charge in [-0.3, -0.25) is 19.2 Å². The van der Waals surface area contributed by atoms with E-state index in [1.165, 1.54) is 47.9 Å². The molecule has 348 valence electrons. The molecule has 4 aliphatic carbocycles. The fraction of sp³-hybridized carbons (Fsp3) is 0.519. The number of nitrogens with one attached hydrogen (secondary N) is 1. The number of nitrogens with zero attached hydrogens (tertiary/aromatic N) is 2. The van der Waals surface area contributed by atoms with Gasteiger partial charge in [0.2, 0.25) is 5.91 Å². The Morgan fingerprint density at radius 3 is 1.54 bits per heavy atom. The number of hydrogen-bond donors (Lipinski definition) is 5. The predicted molar refractivity (Wildman–Crippen MR) is 258 cm³/mol. The molecule has 4 saturated carbocycles. The minimum absolute atomic E-state index is 0.0189. The van der Waals surface area contributed by atoms with Gasteiger partial charge in [-0.25, -0.2) is 9.97 Å². The Morgan fingerprint density at radius 2 is 1.11 bits per heavy atom. The van der Waals surface area contributed by atoms with Gasteiger partial charge in [-0.2, -0.15) is 0 Å². The van der Waals surface area contributed by atoms with Crippen LogP contribution < -0.4 is 22.5 Å². The highest BCUT2D eigenvalue weighted by atomic mass is 16.4. The largest absolute Gasteiger partial charge is 0.481 e. The van der Waals surface area contributed by atoms with E-state index in [2.05, 4.69) is 63.8 Å². The van der Waals surface area contributed by atoms with Gasteiger partial charge in [0, 0.05) is 30.1 Å². The number of anilines is 2. The number of carbonyl (C=O) groups excluding carboxylic acids is 3. The molecule has 2 aromatic carbocycles. The molecule has 4 aliphatic rings. The highest BCUT2D eigenvalue weighted by Crippen LogP contribution is 2.42. The maximum Gasteiger partial charge on any atom is 0.306 e. The number of amides is 1. The summed E-state index contributed by atoms with van der Waals surface area (Å²) in [6.07, 6.45) is 15.3. The summed E-state index contributed by atoms with van der Waals surface area (Å²) in [7, 11) is 0. The number of rotatable bonds is 17. The van der Waals surface area contributed by atoms with Crippen LogP contribution in [-0.4, -0.2) is 50.6 Å². The zero-order valence-corrected chi connectivity index (χ0v) is 39.1. The third kappa shape index (κ3) is 15.3. The van der Waals surface area contributed by atoms with Gasteiger partial charge in [-0.1, -0.05) is 60.7 Å². The quantitative estimate of drug-likeness (QED) is 0.0681. The van der Waals surface area contributed by atoms with Crippen LogP contribution in [0, 0.1) is 37.5 Å². The average molecular weight is 885 g/mol. The van der Waals surface area contributed by atoms with Crippen molar-refractivity contribution in [2.45, 2.75) is 154 Å². The highest BCUT2D eigenvalue weighted by Gasteiger charge is 2.32. The van der Waals surface area contributed by atoms with E-state index in [1.807, 2.05) is 26.0 Å². The van der Waals surface area contributed by atoms with E-state index in [4.69, 9.17) is 22.3 Å². The van der Waals surface area contributed by atoms with Gasteiger partial charge in [0.1, 0.15) is 17.4 Å². The second kappa shape index (κ2) is 23.2. The lowest BCUT2D eigenvalue weighted by atomic mass is 9.94. The number of nitrogens with two attached hydrogens (primary N) is 3. The van der Waals surface area contributed by atoms with E-state index in [9.17, 15) is 19.2 Å². The molecule has 1 amide bonds. The molecule has 6 atom stereocenters. The summed E-state index contributed by atoms with van der Waals surface area (Å²) in [5.74, 6) is 3.18. The van der Waals surface area contributed by atoms with Crippen LogP contribution in [0.15, 0.2) is 72.8 Å². The molecule has 4 fully saturated rings. The number of aryl methyl sites for hydroxylation is 4. The second-order valence-electron chi connectivity index (χ2n) is 19.4. The second-order valence-corrected chi connectivity index (χ2v) is 19.4. The van der Waals surface area contributed by atoms with Crippen molar-refractivity contribution in [2.75, 3.05) is 11.5 Å². The summed E-state index contributed by atoms with van der Waals surface area (Å²) in [5, 5.41) is 12.0. The van der Waals surface area contributed by atoms with Crippen LogP contribution in [0.1, 0.15) is 148 Å². The molecule has 11 heteroatoms. The Morgan fingerprint density at radius 1 is 0.646 bits per heavy atom. The number of nitrogen functional groups attached to an aromatic ring is 2. The van der Waals surface area contributed by atoms with Gasteiger partial charge >= 0.3 is 5.97 Å². The first kappa shape index (κ1) is 49.0. The summed E-state index contributed by atoms with van der Waals surface area (Å²) in [6.45, 7) is 7.29. The van der Waals surface area contributed by atoms with Crippen molar-refractivity contribution < 1.29 is 24.3 Å². The summed E-state index contributed by atoms with van der Waals surface area (Å²) in [4.78, 5) is 56.0. The Bertz CT molecular complexity index is 2270. The normalized spacial score (nSPS) is 20.9. The summed E-state index contributed by atoms with van der Waals surface area (Å²) in [5.41, 5.74) is 26.3. The van der Waals surface area contributed by atoms with Crippen molar-refractivity contribution in [3.8, 4) is 0 Å². The van der Waals surface area contributed by atoms with Crippen LogP contribution in [-0.2, 0) is 44.9 Å². The van der Waals surface area contributed by atoms with E-state index < -0.39 is 12.0 Å². The molecule has 0 unspecified atom stereocenters. The smallest absolute Gasteiger partial charge is 0.306 e. The molecule has 0 radical (unpaired) electrons. The van der Waals surface area contributed by atoms with Gasteiger partial charge in [0.05, 0.1) is 18.0 Å². The minimum atomic E-state index is -0.607. The molecule has 0 bridgehead atoms. The first-order valence-corrected chi connectivity index (χ1v) is 24.1. The number of carboxylic acid groups (broad SMARTS) is 1. The number of aliphatic carboxylic acids is 1. The van der Waals surface area contributed by atoms with Crippen molar-refractivity contribution in [3.63, 3.8) is 0 Å². The zero-order chi connectivity index (χ0) is 46.6. The van der Waals surface area contributed by atoms with Crippen molar-refractivity contribution in [2.24, 2.45) is 29.4 Å². The molecule has 4 aromatic rings. The van der Waals surface area contributed by atoms with Crippen LogP contribution in [0.4, 0.5) is 11.6 Å². The van der Waals surface area contributed by atoms with Crippen LogP contribution >= 0.6 is 0 Å². The summed E-state index contributed by atoms with van der Waals surface area (Å²) >= 11 is 0. The standard InChI is InChI=1S/C27H35N3O2.C16H20O2.C11H17N3O/c1-17-21(11-13-26(28)29-17)10-12-25(31)18(2)30-27(32)24-7-6-20(16-24)14-19-4-3-5-23(15-19)22-8-9-22;17-16(18)15-5-4-12(10-15)8-11-2-1-3-14(9-11)13-6-7-13;1-7(12)10(15)5-3-9-4-6-11(13)14-8(9)2/h3-5,11,13,15,18,20,22,24H,6-10,12,14,16H2,1-2H3,(H2,28,29)(H,30,32);1-3,9,12-13,15H,4-8,10H2,(H,17,18);4,6-7H,3,5,12H2,1-2H3,(H2,13,14)/t18-,20-,24+;12-,15+;7-/m000/s1. The van der Waals surface area contributed by atoms with Crippen LogP contribution in [0.3, 0.4) is 0 Å². The number of hydrogen-bond acceptors (Lipinski definition) is 9. The lowest BCUT2D eigenvalue weighted by molar-refractivity contribution is -0.141.